The van der Waals surface area contributed by atoms with E-state index in [-0.39, 0.29) is 15.6 Å². The van der Waals surface area contributed by atoms with Crippen LogP contribution in [0.25, 0.3) is 0 Å². The quantitative estimate of drug-likeness (QED) is 0.597. The Morgan fingerprint density at radius 2 is 2.00 bits per heavy atom. The Morgan fingerprint density at radius 3 is 2.62 bits per heavy atom. The van der Waals surface area contributed by atoms with Crippen molar-refractivity contribution in [1.82, 2.24) is 9.62 Å². The number of hydrogen-bond acceptors (Lipinski definition) is 5. The summed E-state index contributed by atoms with van der Waals surface area (Å²) in [5.41, 5.74) is 6.62. The molecule has 1 aliphatic rings. The number of piperazine rings is 1. The number of carbonyl (C=O) groups excluding carboxylic acids is 2. The SMILES string of the molecule is Cc1cc(Cl)c(S(=O)(=O)N2CC(=O)NC(=O)C2C)cc1N. The van der Waals surface area contributed by atoms with E-state index in [9.17, 15) is 18.0 Å². The van der Waals surface area contributed by atoms with Crippen LogP contribution >= 0.6 is 11.6 Å². The summed E-state index contributed by atoms with van der Waals surface area (Å²) < 4.78 is 26.1. The third kappa shape index (κ3) is 2.74. The van der Waals surface area contributed by atoms with E-state index in [1.54, 1.807) is 6.92 Å². The fraction of sp³-hybridized carbons (Fsp3) is 0.333. The number of aryl methyl sites for hydroxylation is 1. The average Bonchev–Trinajstić information content (AvgIpc) is 2.37. The molecule has 2 amide bonds. The summed E-state index contributed by atoms with van der Waals surface area (Å²) in [7, 11) is -4.11. The lowest BCUT2D eigenvalue weighted by molar-refractivity contribution is -0.136. The Hall–Kier alpha value is -1.64. The molecule has 0 aromatic heterocycles. The number of halogens is 1. The Balaban J connectivity index is 2.54. The Kier molecular flexibility index (Phi) is 3.96. The molecular formula is C12H14ClN3O4S. The van der Waals surface area contributed by atoms with Gasteiger partial charge in [0.1, 0.15) is 10.9 Å². The molecule has 1 aromatic rings. The molecule has 1 saturated heterocycles. The normalized spacial score (nSPS) is 20.4. The highest BCUT2D eigenvalue weighted by Crippen LogP contribution is 2.30. The summed E-state index contributed by atoms with van der Waals surface area (Å²) in [5.74, 6) is -1.36. The van der Waals surface area contributed by atoms with Crippen molar-refractivity contribution in [3.8, 4) is 0 Å². The number of hydrogen-bond donors (Lipinski definition) is 2. The number of nitrogens with one attached hydrogen (secondary N) is 1. The maximum Gasteiger partial charge on any atom is 0.245 e. The van der Waals surface area contributed by atoms with Crippen molar-refractivity contribution < 1.29 is 18.0 Å². The van der Waals surface area contributed by atoms with Gasteiger partial charge in [0.25, 0.3) is 0 Å². The van der Waals surface area contributed by atoms with Gasteiger partial charge in [-0.05, 0) is 31.5 Å². The van der Waals surface area contributed by atoms with Crippen molar-refractivity contribution in [3.05, 3.63) is 22.7 Å². The lowest BCUT2D eigenvalue weighted by atomic mass is 10.2. The van der Waals surface area contributed by atoms with Crippen LogP contribution in [0.1, 0.15) is 12.5 Å². The van der Waals surface area contributed by atoms with Crippen LogP contribution in [0.3, 0.4) is 0 Å². The average molecular weight is 332 g/mol. The molecule has 0 spiro atoms. The topological polar surface area (TPSA) is 110 Å². The van der Waals surface area contributed by atoms with E-state index in [1.807, 2.05) is 0 Å². The molecule has 21 heavy (non-hydrogen) atoms. The number of amides is 2. The second-order valence-corrected chi connectivity index (χ2v) is 7.04. The number of nitrogen functional groups attached to an aromatic ring is 1. The number of nitrogens with zero attached hydrogens (tertiary/aromatic N) is 1. The first kappa shape index (κ1) is 15.7. The number of rotatable bonds is 2. The molecule has 1 atom stereocenters. The van der Waals surface area contributed by atoms with E-state index in [2.05, 4.69) is 5.32 Å². The smallest absolute Gasteiger partial charge is 0.245 e. The molecule has 1 heterocycles. The largest absolute Gasteiger partial charge is 0.398 e. The van der Waals surface area contributed by atoms with Gasteiger partial charge in [0.2, 0.25) is 21.8 Å². The van der Waals surface area contributed by atoms with Gasteiger partial charge in [-0.15, -0.1) is 0 Å². The molecular weight excluding hydrogens is 318 g/mol. The minimum absolute atomic E-state index is 0.00710. The van der Waals surface area contributed by atoms with Crippen molar-refractivity contribution in [2.24, 2.45) is 0 Å². The number of sulfonamides is 1. The highest BCUT2D eigenvalue weighted by Gasteiger charge is 2.39. The summed E-state index contributed by atoms with van der Waals surface area (Å²) in [6.07, 6.45) is 0. The van der Waals surface area contributed by atoms with Gasteiger partial charge in [-0.25, -0.2) is 8.42 Å². The maximum atomic E-state index is 12.6. The van der Waals surface area contributed by atoms with Crippen LogP contribution in [0, 0.1) is 6.92 Å². The number of nitrogens with two attached hydrogens (primary N) is 1. The highest BCUT2D eigenvalue weighted by atomic mass is 35.5. The van der Waals surface area contributed by atoms with E-state index in [4.69, 9.17) is 17.3 Å². The predicted octanol–water partition coefficient (Wildman–Crippen LogP) is 0.266. The van der Waals surface area contributed by atoms with E-state index < -0.39 is 34.4 Å². The lowest BCUT2D eigenvalue weighted by Gasteiger charge is -2.31. The molecule has 1 aliphatic heterocycles. The van der Waals surface area contributed by atoms with Crippen LogP contribution in [0.4, 0.5) is 5.69 Å². The molecule has 2 rings (SSSR count). The highest BCUT2D eigenvalue weighted by molar-refractivity contribution is 7.89. The van der Waals surface area contributed by atoms with Crippen LogP contribution in [-0.2, 0) is 19.6 Å². The fourth-order valence-electron chi connectivity index (χ4n) is 1.98. The molecule has 0 radical (unpaired) electrons. The van der Waals surface area contributed by atoms with Gasteiger partial charge in [-0.3, -0.25) is 14.9 Å². The summed E-state index contributed by atoms with van der Waals surface area (Å²) in [6.45, 7) is 2.64. The fourth-order valence-corrected chi connectivity index (χ4v) is 4.12. The van der Waals surface area contributed by atoms with Crippen molar-refractivity contribution in [2.45, 2.75) is 24.8 Å². The van der Waals surface area contributed by atoms with Gasteiger partial charge in [-0.1, -0.05) is 11.6 Å². The summed E-state index contributed by atoms with van der Waals surface area (Å²) >= 11 is 5.98. The Morgan fingerprint density at radius 1 is 1.38 bits per heavy atom. The summed E-state index contributed by atoms with van der Waals surface area (Å²) in [6, 6.07) is 1.66. The zero-order chi connectivity index (χ0) is 15.9. The molecule has 0 saturated carbocycles. The summed E-state index contributed by atoms with van der Waals surface area (Å²) in [4.78, 5) is 22.8. The van der Waals surface area contributed by atoms with Gasteiger partial charge in [0.05, 0.1) is 11.6 Å². The van der Waals surface area contributed by atoms with E-state index in [0.29, 0.717) is 5.56 Å². The van der Waals surface area contributed by atoms with Crippen molar-refractivity contribution in [2.75, 3.05) is 12.3 Å². The minimum atomic E-state index is -4.11. The maximum absolute atomic E-state index is 12.6. The van der Waals surface area contributed by atoms with Gasteiger partial charge in [0, 0.05) is 5.69 Å². The van der Waals surface area contributed by atoms with Crippen molar-refractivity contribution in [1.29, 1.82) is 0 Å². The van der Waals surface area contributed by atoms with Crippen LogP contribution in [0.2, 0.25) is 5.02 Å². The Bertz CT molecular complexity index is 732. The van der Waals surface area contributed by atoms with E-state index in [1.165, 1.54) is 19.1 Å². The number of carbonyl (C=O) groups is 2. The minimum Gasteiger partial charge on any atom is -0.398 e. The third-order valence-electron chi connectivity index (χ3n) is 3.28. The standard InChI is InChI=1S/C12H14ClN3O4S/c1-6-3-8(13)10(4-9(6)14)21(19,20)16-5-11(17)15-12(18)7(16)2/h3-4,7H,5,14H2,1-2H3,(H,15,17,18). The number of benzene rings is 1. The number of imide groups is 1. The van der Waals surface area contributed by atoms with Gasteiger partial charge in [0.15, 0.2) is 0 Å². The molecule has 9 heteroatoms. The third-order valence-corrected chi connectivity index (χ3v) is 5.66. The molecule has 1 aromatic carbocycles. The zero-order valence-corrected chi connectivity index (χ0v) is 13.0. The van der Waals surface area contributed by atoms with Crippen LogP contribution in [0.5, 0.6) is 0 Å². The molecule has 3 N–H and O–H groups in total. The predicted molar refractivity (Wildman–Crippen MR) is 77.1 cm³/mol. The monoisotopic (exact) mass is 331 g/mol. The molecule has 114 valence electrons. The van der Waals surface area contributed by atoms with Crippen LogP contribution in [0.15, 0.2) is 17.0 Å². The van der Waals surface area contributed by atoms with Crippen molar-refractivity contribution in [3.63, 3.8) is 0 Å². The molecule has 1 unspecified atom stereocenters. The molecule has 1 fully saturated rings. The first-order valence-electron chi connectivity index (χ1n) is 6.05. The van der Waals surface area contributed by atoms with Crippen LogP contribution < -0.4 is 11.1 Å². The second-order valence-electron chi connectivity index (χ2n) is 4.78. The lowest BCUT2D eigenvalue weighted by Crippen LogP contribution is -2.58. The Labute approximate surface area is 127 Å². The van der Waals surface area contributed by atoms with E-state index >= 15 is 0 Å². The first-order valence-corrected chi connectivity index (χ1v) is 7.87. The summed E-state index contributed by atoms with van der Waals surface area (Å²) in [5, 5.41) is 2.07. The van der Waals surface area contributed by atoms with Crippen molar-refractivity contribution >= 4 is 39.1 Å². The van der Waals surface area contributed by atoms with Gasteiger partial charge >= 0.3 is 0 Å². The van der Waals surface area contributed by atoms with Gasteiger partial charge in [-0.2, -0.15) is 4.31 Å². The van der Waals surface area contributed by atoms with Crippen LogP contribution in [-0.4, -0.2) is 37.1 Å². The molecule has 0 aliphatic carbocycles. The molecule has 0 bridgehead atoms. The number of anilines is 1. The zero-order valence-electron chi connectivity index (χ0n) is 11.4. The second kappa shape index (κ2) is 5.28. The van der Waals surface area contributed by atoms with Gasteiger partial charge < -0.3 is 5.73 Å². The molecule has 7 nitrogen and oxygen atoms in total. The first-order chi connectivity index (χ1) is 9.64. The van der Waals surface area contributed by atoms with E-state index in [0.717, 1.165) is 4.31 Å².